The first-order chi connectivity index (χ1) is 14.6. The van der Waals surface area contributed by atoms with E-state index in [1.807, 2.05) is 26.0 Å². The number of amides is 1. The third-order valence-corrected chi connectivity index (χ3v) is 6.76. The molecule has 0 radical (unpaired) electrons. The van der Waals surface area contributed by atoms with Crippen LogP contribution < -0.4 is 5.32 Å². The summed E-state index contributed by atoms with van der Waals surface area (Å²) in [4.78, 5) is 12.8. The summed E-state index contributed by atoms with van der Waals surface area (Å²) in [6, 6.07) is 16.8. The topological polar surface area (TPSA) is 66.5 Å². The highest BCUT2D eigenvalue weighted by Gasteiger charge is 2.27. The molecule has 3 aromatic carbocycles. The maximum Gasteiger partial charge on any atom is 0.243 e. The minimum absolute atomic E-state index is 0.0123. The van der Waals surface area contributed by atoms with Crippen molar-refractivity contribution in [1.82, 2.24) is 4.31 Å². The Morgan fingerprint density at radius 1 is 1.00 bits per heavy atom. The van der Waals surface area contributed by atoms with Gasteiger partial charge >= 0.3 is 0 Å². The van der Waals surface area contributed by atoms with Gasteiger partial charge in [-0.2, -0.15) is 4.31 Å². The van der Waals surface area contributed by atoms with Gasteiger partial charge in [0.05, 0.1) is 11.4 Å². The van der Waals surface area contributed by atoms with Crippen LogP contribution in [-0.4, -0.2) is 25.2 Å². The molecule has 162 valence electrons. The molecule has 3 aromatic rings. The Labute approximate surface area is 186 Å². The van der Waals surface area contributed by atoms with Crippen LogP contribution in [0.2, 0.25) is 5.02 Å². The van der Waals surface area contributed by atoms with Crippen LogP contribution in [-0.2, 0) is 21.4 Å². The molecule has 0 unspecified atom stereocenters. The number of halogens is 2. The van der Waals surface area contributed by atoms with Crippen LogP contribution in [0.5, 0.6) is 0 Å². The Kier molecular flexibility index (Phi) is 7.10. The van der Waals surface area contributed by atoms with E-state index in [-0.39, 0.29) is 11.4 Å². The zero-order valence-corrected chi connectivity index (χ0v) is 18.7. The summed E-state index contributed by atoms with van der Waals surface area (Å²) < 4.78 is 40.8. The molecule has 1 amide bonds. The second-order valence-electron chi connectivity index (χ2n) is 7.22. The van der Waals surface area contributed by atoms with E-state index in [1.54, 1.807) is 6.07 Å². The van der Waals surface area contributed by atoms with E-state index in [9.17, 15) is 17.6 Å². The number of nitrogens with zero attached hydrogens (tertiary/aromatic N) is 1. The molecular formula is C23H22ClFN2O3S. The SMILES string of the molecule is Cc1ccc(NC(=O)CN(Cc2ccc(F)cc2)S(=O)(=O)c2ccc(Cl)cc2)c(C)c1. The lowest BCUT2D eigenvalue weighted by Crippen LogP contribution is -2.37. The van der Waals surface area contributed by atoms with E-state index < -0.39 is 28.3 Å². The van der Waals surface area contributed by atoms with E-state index in [2.05, 4.69) is 5.32 Å². The summed E-state index contributed by atoms with van der Waals surface area (Å²) in [7, 11) is -4.01. The first-order valence-corrected chi connectivity index (χ1v) is 11.3. The van der Waals surface area contributed by atoms with Crippen molar-refractivity contribution < 1.29 is 17.6 Å². The molecule has 0 saturated heterocycles. The largest absolute Gasteiger partial charge is 0.325 e. The highest BCUT2D eigenvalue weighted by atomic mass is 35.5. The highest BCUT2D eigenvalue weighted by molar-refractivity contribution is 7.89. The fourth-order valence-corrected chi connectivity index (χ4v) is 4.59. The lowest BCUT2D eigenvalue weighted by atomic mass is 10.1. The van der Waals surface area contributed by atoms with E-state index in [0.29, 0.717) is 16.3 Å². The second kappa shape index (κ2) is 9.60. The van der Waals surface area contributed by atoms with Crippen LogP contribution in [0.25, 0.3) is 0 Å². The van der Waals surface area contributed by atoms with Crippen molar-refractivity contribution in [2.24, 2.45) is 0 Å². The predicted molar refractivity (Wildman–Crippen MR) is 120 cm³/mol. The number of carbonyl (C=O) groups is 1. The van der Waals surface area contributed by atoms with Crippen molar-refractivity contribution in [3.63, 3.8) is 0 Å². The number of aryl methyl sites for hydroxylation is 2. The molecule has 0 atom stereocenters. The van der Waals surface area contributed by atoms with Crippen LogP contribution in [0.3, 0.4) is 0 Å². The molecule has 0 spiro atoms. The fourth-order valence-electron chi connectivity index (χ4n) is 3.08. The Hall–Kier alpha value is -2.74. The number of rotatable bonds is 7. The number of hydrogen-bond donors (Lipinski definition) is 1. The molecule has 31 heavy (non-hydrogen) atoms. The first kappa shape index (κ1) is 22.9. The molecule has 0 aliphatic carbocycles. The van der Waals surface area contributed by atoms with E-state index in [1.165, 1.54) is 48.5 Å². The minimum Gasteiger partial charge on any atom is -0.325 e. The number of benzene rings is 3. The third kappa shape index (κ3) is 5.91. The van der Waals surface area contributed by atoms with Gasteiger partial charge in [-0.05, 0) is 67.4 Å². The summed E-state index contributed by atoms with van der Waals surface area (Å²) in [6.07, 6.45) is 0. The molecule has 0 aliphatic heterocycles. The fraction of sp³-hybridized carbons (Fsp3) is 0.174. The van der Waals surface area contributed by atoms with Gasteiger partial charge in [-0.1, -0.05) is 41.4 Å². The van der Waals surface area contributed by atoms with Crippen LogP contribution in [0.15, 0.2) is 71.6 Å². The van der Waals surface area contributed by atoms with Crippen LogP contribution in [0, 0.1) is 19.7 Å². The molecule has 0 aliphatic rings. The molecule has 0 bridgehead atoms. The Balaban J connectivity index is 1.88. The standard InChI is InChI=1S/C23H22ClFN2O3S/c1-16-3-12-22(17(2)13-16)26-23(28)15-27(14-18-4-8-20(25)9-5-18)31(29,30)21-10-6-19(24)7-11-21/h3-13H,14-15H2,1-2H3,(H,26,28). The number of anilines is 1. The molecule has 5 nitrogen and oxygen atoms in total. The summed E-state index contributed by atoms with van der Waals surface area (Å²) >= 11 is 5.88. The molecule has 0 saturated carbocycles. The Morgan fingerprint density at radius 2 is 1.65 bits per heavy atom. The van der Waals surface area contributed by atoms with Gasteiger partial charge in [0.1, 0.15) is 5.82 Å². The van der Waals surface area contributed by atoms with E-state index in [4.69, 9.17) is 11.6 Å². The summed E-state index contributed by atoms with van der Waals surface area (Å²) in [5.41, 5.74) is 3.09. The quantitative estimate of drug-likeness (QED) is 0.544. The van der Waals surface area contributed by atoms with Gasteiger partial charge in [0.25, 0.3) is 0 Å². The molecular weight excluding hydrogens is 439 g/mol. The number of carbonyl (C=O) groups excluding carboxylic acids is 1. The van der Waals surface area contributed by atoms with Crippen LogP contribution in [0.1, 0.15) is 16.7 Å². The van der Waals surface area contributed by atoms with E-state index >= 15 is 0 Å². The molecule has 0 heterocycles. The molecule has 0 aromatic heterocycles. The summed E-state index contributed by atoms with van der Waals surface area (Å²) in [5.74, 6) is -0.907. The van der Waals surface area contributed by atoms with Gasteiger partial charge in [-0.3, -0.25) is 4.79 Å². The van der Waals surface area contributed by atoms with Crippen molar-refractivity contribution >= 4 is 33.2 Å². The monoisotopic (exact) mass is 460 g/mol. The zero-order valence-electron chi connectivity index (χ0n) is 17.1. The lowest BCUT2D eigenvalue weighted by Gasteiger charge is -2.22. The molecule has 8 heteroatoms. The van der Waals surface area contributed by atoms with Crippen molar-refractivity contribution in [1.29, 1.82) is 0 Å². The summed E-state index contributed by atoms with van der Waals surface area (Å²) in [6.45, 7) is 3.31. The van der Waals surface area contributed by atoms with Crippen molar-refractivity contribution in [3.8, 4) is 0 Å². The van der Waals surface area contributed by atoms with Crippen molar-refractivity contribution in [2.45, 2.75) is 25.3 Å². The normalized spacial score (nSPS) is 11.5. The highest BCUT2D eigenvalue weighted by Crippen LogP contribution is 2.22. The third-order valence-electron chi connectivity index (χ3n) is 4.70. The minimum atomic E-state index is -4.01. The maximum atomic E-state index is 13.3. The van der Waals surface area contributed by atoms with Gasteiger partial charge in [0.15, 0.2) is 0 Å². The first-order valence-electron chi connectivity index (χ1n) is 9.52. The van der Waals surface area contributed by atoms with Gasteiger partial charge in [-0.25, -0.2) is 12.8 Å². The van der Waals surface area contributed by atoms with Crippen LogP contribution in [0.4, 0.5) is 10.1 Å². The number of hydrogen-bond acceptors (Lipinski definition) is 3. The second-order valence-corrected chi connectivity index (χ2v) is 9.59. The Bertz CT molecular complexity index is 1180. The van der Waals surface area contributed by atoms with Crippen molar-refractivity contribution in [2.75, 3.05) is 11.9 Å². The molecule has 3 rings (SSSR count). The van der Waals surface area contributed by atoms with Gasteiger partial charge in [0, 0.05) is 17.3 Å². The average Bonchev–Trinajstić information content (AvgIpc) is 2.71. The van der Waals surface area contributed by atoms with Crippen LogP contribution >= 0.6 is 11.6 Å². The smallest absolute Gasteiger partial charge is 0.243 e. The average molecular weight is 461 g/mol. The van der Waals surface area contributed by atoms with Crippen molar-refractivity contribution in [3.05, 3.63) is 94.3 Å². The van der Waals surface area contributed by atoms with Gasteiger partial charge < -0.3 is 5.32 Å². The Morgan fingerprint density at radius 3 is 2.26 bits per heavy atom. The number of sulfonamides is 1. The summed E-state index contributed by atoms with van der Waals surface area (Å²) in [5, 5.41) is 3.17. The predicted octanol–water partition coefficient (Wildman–Crippen LogP) is 4.93. The van der Waals surface area contributed by atoms with Gasteiger partial charge in [0.2, 0.25) is 15.9 Å². The van der Waals surface area contributed by atoms with E-state index in [0.717, 1.165) is 15.4 Å². The number of nitrogens with one attached hydrogen (secondary N) is 1. The molecule has 0 fully saturated rings. The molecule has 1 N–H and O–H groups in total. The zero-order chi connectivity index (χ0) is 22.6. The lowest BCUT2D eigenvalue weighted by molar-refractivity contribution is -0.116. The maximum absolute atomic E-state index is 13.3. The van der Waals surface area contributed by atoms with Gasteiger partial charge in [-0.15, -0.1) is 0 Å².